The van der Waals surface area contributed by atoms with Crippen LogP contribution in [0, 0.1) is 17.0 Å². The summed E-state index contributed by atoms with van der Waals surface area (Å²) >= 11 is 0. The van der Waals surface area contributed by atoms with Gasteiger partial charge in [-0.05, 0) is 6.92 Å². The first-order chi connectivity index (χ1) is 12.1. The number of nitrogens with zero attached hydrogens (tertiary/aromatic N) is 6. The van der Waals surface area contributed by atoms with Gasteiger partial charge in [-0.2, -0.15) is 9.61 Å². The predicted octanol–water partition coefficient (Wildman–Crippen LogP) is -2.47. The van der Waals surface area contributed by atoms with Gasteiger partial charge in [-0.1, -0.05) is 0 Å². The molecule has 0 bridgehead atoms. The molecular weight excluding hydrogens is 362 g/mol. The summed E-state index contributed by atoms with van der Waals surface area (Å²) in [6, 6.07) is 1.81. The second kappa shape index (κ2) is 8.59. The van der Waals surface area contributed by atoms with Gasteiger partial charge in [-0.25, -0.2) is 14.1 Å². The molecule has 3 aromatic heterocycles. The Morgan fingerprint density at radius 1 is 1.46 bits per heavy atom. The van der Waals surface area contributed by atoms with E-state index < -0.39 is 4.92 Å². The highest BCUT2D eigenvalue weighted by Crippen LogP contribution is 2.21. The van der Waals surface area contributed by atoms with E-state index in [-0.39, 0.29) is 30.3 Å². The van der Waals surface area contributed by atoms with Crippen LogP contribution in [0.3, 0.4) is 0 Å². The maximum Gasteiger partial charge on any atom is 0.333 e. The van der Waals surface area contributed by atoms with Crippen molar-refractivity contribution in [3.63, 3.8) is 0 Å². The van der Waals surface area contributed by atoms with E-state index in [1.165, 1.54) is 10.7 Å². The summed E-state index contributed by atoms with van der Waals surface area (Å²) in [5.41, 5.74) is 0.824. The first kappa shape index (κ1) is 19.6. The Labute approximate surface area is 155 Å². The number of halogens is 1. The van der Waals surface area contributed by atoms with Crippen LogP contribution in [0.15, 0.2) is 31.0 Å². The second-order valence-corrected chi connectivity index (χ2v) is 5.70. The van der Waals surface area contributed by atoms with Gasteiger partial charge in [0.05, 0.1) is 18.1 Å². The molecule has 26 heavy (non-hydrogen) atoms. The van der Waals surface area contributed by atoms with Gasteiger partial charge in [-0.15, -0.1) is 0 Å². The van der Waals surface area contributed by atoms with E-state index in [1.807, 2.05) is 33.9 Å². The molecule has 0 aliphatic rings. The lowest BCUT2D eigenvalue weighted by molar-refractivity contribution is -0.697. The van der Waals surface area contributed by atoms with Gasteiger partial charge in [0, 0.05) is 24.7 Å². The standard InChI is InChI=1S/C15H20N7O3.ClH/c1-12-9-14(21-15(18-12)13(10-17-21)22(24)25)16-3-2-4-19-5-6-20(11-19)7-8-23;/h5-6,9-11,16,23H,2-4,7-8H2,1H3;1H/q+1;/p-1. The maximum absolute atomic E-state index is 11.0. The quantitative estimate of drug-likeness (QED) is 0.193. The first-order valence-electron chi connectivity index (χ1n) is 7.98. The fourth-order valence-electron chi connectivity index (χ4n) is 2.62. The minimum atomic E-state index is -0.480. The first-order valence-corrected chi connectivity index (χ1v) is 7.98. The molecule has 0 fully saturated rings. The van der Waals surface area contributed by atoms with Crippen molar-refractivity contribution in [3.8, 4) is 0 Å². The van der Waals surface area contributed by atoms with Crippen LogP contribution in [0.4, 0.5) is 11.5 Å². The fraction of sp³-hybridized carbons (Fsp3) is 0.400. The van der Waals surface area contributed by atoms with E-state index in [4.69, 9.17) is 5.11 Å². The van der Waals surface area contributed by atoms with Crippen molar-refractivity contribution in [2.75, 3.05) is 18.5 Å². The van der Waals surface area contributed by atoms with Crippen molar-refractivity contribution in [3.05, 3.63) is 46.8 Å². The molecule has 3 aromatic rings. The summed E-state index contributed by atoms with van der Waals surface area (Å²) in [6.45, 7) is 3.99. The molecule has 0 saturated heterocycles. The van der Waals surface area contributed by atoms with Gasteiger partial charge in [0.2, 0.25) is 12.0 Å². The van der Waals surface area contributed by atoms with Crippen LogP contribution >= 0.6 is 0 Å². The number of hydrogen-bond acceptors (Lipinski definition) is 6. The molecule has 0 unspecified atom stereocenters. The maximum atomic E-state index is 11.0. The normalized spacial score (nSPS) is 10.7. The zero-order chi connectivity index (χ0) is 17.8. The Balaban J connectivity index is 0.00000243. The van der Waals surface area contributed by atoms with Gasteiger partial charge in [-0.3, -0.25) is 10.1 Å². The minimum Gasteiger partial charge on any atom is -1.00 e. The third-order valence-corrected chi connectivity index (χ3v) is 3.78. The molecule has 11 heteroatoms. The lowest BCUT2D eigenvalue weighted by atomic mass is 10.3. The van der Waals surface area contributed by atoms with Crippen molar-refractivity contribution in [1.82, 2.24) is 19.2 Å². The average molecular weight is 382 g/mol. The van der Waals surface area contributed by atoms with Crippen molar-refractivity contribution in [2.45, 2.75) is 26.4 Å². The van der Waals surface area contributed by atoms with Crippen LogP contribution in [0.5, 0.6) is 0 Å². The highest BCUT2D eigenvalue weighted by molar-refractivity contribution is 5.62. The minimum absolute atomic E-state index is 0. The molecule has 3 rings (SSSR count). The van der Waals surface area contributed by atoms with E-state index in [1.54, 1.807) is 6.92 Å². The van der Waals surface area contributed by atoms with Gasteiger partial charge in [0.25, 0.3) is 0 Å². The van der Waals surface area contributed by atoms with Crippen LogP contribution in [0.25, 0.3) is 5.65 Å². The molecule has 140 valence electrons. The number of aliphatic hydroxyl groups is 1. The summed E-state index contributed by atoms with van der Waals surface area (Å²) in [5.74, 6) is 0.679. The number of aryl methyl sites for hydroxylation is 2. The van der Waals surface area contributed by atoms with Crippen LogP contribution in [0.2, 0.25) is 0 Å². The zero-order valence-electron chi connectivity index (χ0n) is 14.2. The van der Waals surface area contributed by atoms with Crippen LogP contribution in [-0.4, -0.2) is 42.3 Å². The van der Waals surface area contributed by atoms with Gasteiger partial charge >= 0.3 is 5.69 Å². The Morgan fingerprint density at radius 2 is 2.27 bits per heavy atom. The number of nitro groups is 1. The third-order valence-electron chi connectivity index (χ3n) is 3.78. The van der Waals surface area contributed by atoms with E-state index in [9.17, 15) is 10.1 Å². The fourth-order valence-corrected chi connectivity index (χ4v) is 2.62. The Kier molecular flexibility index (Phi) is 6.47. The number of fused-ring (bicyclic) bond motifs is 1. The summed E-state index contributed by atoms with van der Waals surface area (Å²) in [6.07, 6.45) is 7.90. The number of hydrogen-bond donors (Lipinski definition) is 2. The Bertz CT molecular complexity index is 893. The van der Waals surface area contributed by atoms with Gasteiger partial charge in [0.1, 0.15) is 31.0 Å². The number of nitrogens with one attached hydrogen (secondary N) is 1. The number of anilines is 1. The van der Waals surface area contributed by atoms with Crippen LogP contribution < -0.4 is 22.3 Å². The average Bonchev–Trinajstić information content (AvgIpc) is 3.18. The summed E-state index contributed by atoms with van der Waals surface area (Å²) < 4.78 is 5.42. The van der Waals surface area contributed by atoms with Gasteiger partial charge in [0.15, 0.2) is 0 Å². The molecule has 0 aliphatic carbocycles. The SMILES string of the molecule is Cc1cc(NCCCn2cc[n+](CCO)c2)n2ncc([N+](=O)[O-])c2n1.[Cl-]. The highest BCUT2D eigenvalue weighted by atomic mass is 35.5. The molecule has 2 N–H and O–H groups in total. The zero-order valence-corrected chi connectivity index (χ0v) is 15.0. The third kappa shape index (κ3) is 4.27. The van der Waals surface area contributed by atoms with Gasteiger partial charge < -0.3 is 22.8 Å². The molecule has 0 saturated carbocycles. The molecule has 0 radical (unpaired) electrons. The number of aliphatic hydroxyl groups excluding tert-OH is 1. The topological polar surface area (TPSA) is 114 Å². The molecule has 0 aromatic carbocycles. The van der Waals surface area contributed by atoms with E-state index in [2.05, 4.69) is 15.4 Å². The summed E-state index contributed by atoms with van der Waals surface area (Å²) in [4.78, 5) is 14.8. The molecule has 0 spiro atoms. The number of imidazole rings is 1. The molecule has 0 atom stereocenters. The molecule has 3 heterocycles. The van der Waals surface area contributed by atoms with E-state index >= 15 is 0 Å². The molecule has 10 nitrogen and oxygen atoms in total. The van der Waals surface area contributed by atoms with Crippen molar-refractivity contribution in [2.24, 2.45) is 0 Å². The highest BCUT2D eigenvalue weighted by Gasteiger charge is 2.18. The van der Waals surface area contributed by atoms with E-state index in [0.29, 0.717) is 24.6 Å². The Morgan fingerprint density at radius 3 is 3.00 bits per heavy atom. The number of rotatable bonds is 8. The molecule has 0 amide bonds. The molecule has 0 aliphatic heterocycles. The lowest BCUT2D eigenvalue weighted by Gasteiger charge is -2.08. The smallest absolute Gasteiger partial charge is 0.333 e. The number of aromatic nitrogens is 5. The molecular formula is C15H20ClN7O3. The summed E-state index contributed by atoms with van der Waals surface area (Å²) in [5, 5.41) is 27.3. The monoisotopic (exact) mass is 381 g/mol. The van der Waals surface area contributed by atoms with E-state index in [0.717, 1.165) is 13.0 Å². The van der Waals surface area contributed by atoms with Crippen LogP contribution in [-0.2, 0) is 13.1 Å². The summed E-state index contributed by atoms with van der Waals surface area (Å²) in [7, 11) is 0. The second-order valence-electron chi connectivity index (χ2n) is 5.70. The van der Waals surface area contributed by atoms with Crippen molar-refractivity contribution < 1.29 is 27.0 Å². The van der Waals surface area contributed by atoms with Crippen molar-refractivity contribution >= 4 is 17.2 Å². The largest absolute Gasteiger partial charge is 1.00 e. The van der Waals surface area contributed by atoms with Crippen LogP contribution in [0.1, 0.15) is 12.1 Å². The Hall–Kier alpha value is -2.72. The lowest BCUT2D eigenvalue weighted by Crippen LogP contribution is -3.00. The predicted molar refractivity (Wildman–Crippen MR) is 89.2 cm³/mol. The van der Waals surface area contributed by atoms with Crippen molar-refractivity contribution in [1.29, 1.82) is 0 Å².